The molecule has 0 unspecified atom stereocenters. The Hall–Kier alpha value is -3.05. The third-order valence-electron chi connectivity index (χ3n) is 7.10. The van der Waals surface area contributed by atoms with Crippen LogP contribution >= 0.6 is 11.6 Å². The second-order valence-corrected chi connectivity index (χ2v) is 10.7. The van der Waals surface area contributed by atoms with E-state index in [9.17, 15) is 27.9 Å². The van der Waals surface area contributed by atoms with Crippen LogP contribution in [-0.4, -0.2) is 72.8 Å². The molecule has 2 N–H and O–H groups in total. The van der Waals surface area contributed by atoms with E-state index in [2.05, 4.69) is 15.2 Å². The summed E-state index contributed by atoms with van der Waals surface area (Å²) in [5.41, 5.74) is -3.96. The van der Waals surface area contributed by atoms with Crippen molar-refractivity contribution in [2.75, 3.05) is 38.7 Å². The molecule has 40 heavy (non-hydrogen) atoms. The van der Waals surface area contributed by atoms with Gasteiger partial charge < -0.3 is 25.0 Å². The summed E-state index contributed by atoms with van der Waals surface area (Å²) in [6, 6.07) is 8.22. The van der Waals surface area contributed by atoms with Gasteiger partial charge in [-0.25, -0.2) is 4.98 Å². The average Bonchev–Trinajstić information content (AvgIpc) is 2.91. The maximum absolute atomic E-state index is 14.0. The fourth-order valence-electron chi connectivity index (χ4n) is 4.81. The first-order valence-corrected chi connectivity index (χ1v) is 13.6. The van der Waals surface area contributed by atoms with Gasteiger partial charge in [-0.05, 0) is 69.7 Å². The molecule has 2 heterocycles. The highest BCUT2D eigenvalue weighted by Crippen LogP contribution is 2.41. The number of rotatable bonds is 10. The van der Waals surface area contributed by atoms with Gasteiger partial charge in [0.25, 0.3) is 17.4 Å². The van der Waals surface area contributed by atoms with Crippen molar-refractivity contribution < 1.29 is 32.6 Å². The minimum atomic E-state index is -5.22. The molecule has 0 aliphatic carbocycles. The van der Waals surface area contributed by atoms with Gasteiger partial charge in [0.05, 0.1) is 12.7 Å². The predicted octanol–water partition coefficient (Wildman–Crippen LogP) is 4.79. The number of hydrogen-bond donors (Lipinski definition) is 2. The van der Waals surface area contributed by atoms with Gasteiger partial charge in [0.2, 0.25) is 0 Å². The predicted molar refractivity (Wildman–Crippen MR) is 147 cm³/mol. The SMILES string of the molecule is COc1cccc([C@@](O)(C(=O)N(C)CCCC2CCN(c3ccc(C(=O)NC(C)C)c(Cl)n3)CC2)C(F)(F)F)c1. The summed E-state index contributed by atoms with van der Waals surface area (Å²) in [6.45, 7) is 5.21. The van der Waals surface area contributed by atoms with Crippen molar-refractivity contribution in [2.24, 2.45) is 5.92 Å². The Morgan fingerprint density at radius 2 is 1.90 bits per heavy atom. The van der Waals surface area contributed by atoms with Gasteiger partial charge >= 0.3 is 6.18 Å². The summed E-state index contributed by atoms with van der Waals surface area (Å²) < 4.78 is 46.9. The Morgan fingerprint density at radius 3 is 2.48 bits per heavy atom. The van der Waals surface area contributed by atoms with E-state index >= 15 is 0 Å². The fourth-order valence-corrected chi connectivity index (χ4v) is 5.05. The van der Waals surface area contributed by atoms with Crippen LogP contribution in [0.3, 0.4) is 0 Å². The lowest BCUT2D eigenvalue weighted by molar-refractivity contribution is -0.261. The number of nitrogens with one attached hydrogen (secondary N) is 1. The first kappa shape index (κ1) is 31.5. The topological polar surface area (TPSA) is 95.0 Å². The number of hydrogen-bond acceptors (Lipinski definition) is 6. The van der Waals surface area contributed by atoms with Crippen LogP contribution in [0.4, 0.5) is 19.0 Å². The first-order valence-electron chi connectivity index (χ1n) is 13.2. The largest absolute Gasteiger partial charge is 0.497 e. The number of anilines is 1. The number of halogens is 4. The summed E-state index contributed by atoms with van der Waals surface area (Å²) in [6.07, 6.45) is -2.34. The highest BCUT2D eigenvalue weighted by molar-refractivity contribution is 6.32. The zero-order valence-corrected chi connectivity index (χ0v) is 23.8. The van der Waals surface area contributed by atoms with Crippen molar-refractivity contribution in [2.45, 2.75) is 57.3 Å². The third-order valence-corrected chi connectivity index (χ3v) is 7.38. The van der Waals surface area contributed by atoms with Gasteiger partial charge in [-0.1, -0.05) is 23.7 Å². The molecule has 220 valence electrons. The number of ether oxygens (including phenoxy) is 1. The summed E-state index contributed by atoms with van der Waals surface area (Å²) >= 11 is 6.27. The number of alkyl halides is 3. The number of aromatic nitrogens is 1. The molecule has 0 radical (unpaired) electrons. The van der Waals surface area contributed by atoms with Crippen LogP contribution in [0.2, 0.25) is 5.15 Å². The first-order chi connectivity index (χ1) is 18.8. The van der Waals surface area contributed by atoms with E-state index in [1.165, 1.54) is 26.3 Å². The summed E-state index contributed by atoms with van der Waals surface area (Å²) in [4.78, 5) is 32.6. The molecule has 1 atom stereocenters. The lowest BCUT2D eigenvalue weighted by Crippen LogP contribution is -2.55. The van der Waals surface area contributed by atoms with E-state index in [4.69, 9.17) is 16.3 Å². The van der Waals surface area contributed by atoms with Crippen LogP contribution < -0.4 is 15.0 Å². The number of aliphatic hydroxyl groups is 1. The zero-order chi connectivity index (χ0) is 29.7. The van der Waals surface area contributed by atoms with Gasteiger partial charge in [-0.15, -0.1) is 0 Å². The standard InChI is InChI=1S/C28H36ClF3N4O4/c1-18(2)33-25(37)22-10-11-23(34-24(22)29)36-15-12-19(13-16-36)7-6-14-35(3)26(38)27(39,28(30,31)32)20-8-5-9-21(17-20)40-4/h5,8-11,17-19,39H,6-7,12-16H2,1-4H3,(H,33,37)/t27-/m1/s1. The van der Waals surface area contributed by atoms with Gasteiger partial charge in [-0.2, -0.15) is 13.2 Å². The molecule has 12 heteroatoms. The molecule has 2 amide bonds. The molecule has 1 aliphatic rings. The number of pyridine rings is 1. The molecule has 1 fully saturated rings. The summed E-state index contributed by atoms with van der Waals surface area (Å²) in [5.74, 6) is -0.605. The molecular formula is C28H36ClF3N4O4. The Labute approximate surface area is 237 Å². The molecule has 1 aromatic heterocycles. The molecule has 3 rings (SSSR count). The smallest absolute Gasteiger partial charge is 0.430 e. The zero-order valence-electron chi connectivity index (χ0n) is 23.1. The van der Waals surface area contributed by atoms with Crippen molar-refractivity contribution in [3.8, 4) is 5.75 Å². The number of methoxy groups -OCH3 is 1. The van der Waals surface area contributed by atoms with E-state index in [-0.39, 0.29) is 29.4 Å². The van der Waals surface area contributed by atoms with Gasteiger partial charge in [0.15, 0.2) is 0 Å². The average molecular weight is 585 g/mol. The molecule has 1 saturated heterocycles. The highest BCUT2D eigenvalue weighted by Gasteiger charge is 2.61. The highest BCUT2D eigenvalue weighted by atomic mass is 35.5. The van der Waals surface area contributed by atoms with Crippen molar-refractivity contribution in [1.29, 1.82) is 0 Å². The van der Waals surface area contributed by atoms with Crippen LogP contribution in [0.15, 0.2) is 36.4 Å². The maximum Gasteiger partial charge on any atom is 0.430 e. The number of carbonyl (C=O) groups excluding carboxylic acids is 2. The van der Waals surface area contributed by atoms with E-state index < -0.39 is 23.2 Å². The monoisotopic (exact) mass is 584 g/mol. The normalized spacial score (nSPS) is 16.0. The van der Waals surface area contributed by atoms with Crippen molar-refractivity contribution in [3.05, 3.63) is 52.7 Å². The van der Waals surface area contributed by atoms with Gasteiger partial charge in [-0.3, -0.25) is 9.59 Å². The second kappa shape index (κ2) is 13.1. The number of likely N-dealkylation sites (N-methyl/N-ethyl adjacent to an activating group) is 1. The molecule has 8 nitrogen and oxygen atoms in total. The third kappa shape index (κ3) is 7.17. The number of piperidine rings is 1. The van der Waals surface area contributed by atoms with Crippen LogP contribution in [0, 0.1) is 5.92 Å². The molecule has 0 saturated carbocycles. The molecule has 2 aromatic rings. The molecular weight excluding hydrogens is 549 g/mol. The van der Waals surface area contributed by atoms with Crippen LogP contribution in [0.5, 0.6) is 5.75 Å². The van der Waals surface area contributed by atoms with Crippen LogP contribution in [0.25, 0.3) is 0 Å². The fraction of sp³-hybridized carbons (Fsp3) is 0.536. The maximum atomic E-state index is 14.0. The van der Waals surface area contributed by atoms with Gasteiger partial charge in [0.1, 0.15) is 16.7 Å². The summed E-state index contributed by atoms with van der Waals surface area (Å²) in [5, 5.41) is 13.6. The van der Waals surface area contributed by atoms with Crippen molar-refractivity contribution in [3.63, 3.8) is 0 Å². The van der Waals surface area contributed by atoms with E-state index in [1.54, 1.807) is 12.1 Å². The van der Waals surface area contributed by atoms with Crippen LogP contribution in [0.1, 0.15) is 55.5 Å². The van der Waals surface area contributed by atoms with Crippen molar-refractivity contribution >= 4 is 29.2 Å². The van der Waals surface area contributed by atoms with Crippen LogP contribution in [-0.2, 0) is 10.4 Å². The van der Waals surface area contributed by atoms with E-state index in [0.717, 1.165) is 36.3 Å². The number of amides is 2. The molecule has 1 aliphatic heterocycles. The van der Waals surface area contributed by atoms with Crippen molar-refractivity contribution in [1.82, 2.24) is 15.2 Å². The summed E-state index contributed by atoms with van der Waals surface area (Å²) in [7, 11) is 2.56. The Kier molecular flexibility index (Phi) is 10.3. The lowest BCUT2D eigenvalue weighted by atomic mass is 9.90. The number of nitrogens with zero attached hydrogens (tertiary/aromatic N) is 3. The minimum Gasteiger partial charge on any atom is -0.497 e. The Balaban J connectivity index is 1.54. The van der Waals surface area contributed by atoms with E-state index in [0.29, 0.717) is 36.8 Å². The Morgan fingerprint density at radius 1 is 1.23 bits per heavy atom. The van der Waals surface area contributed by atoms with Gasteiger partial charge in [0, 0.05) is 38.3 Å². The molecule has 1 aromatic carbocycles. The lowest BCUT2D eigenvalue weighted by Gasteiger charge is -2.34. The Bertz CT molecular complexity index is 1190. The minimum absolute atomic E-state index is 0.0241. The second-order valence-electron chi connectivity index (χ2n) is 10.4. The van der Waals surface area contributed by atoms with E-state index in [1.807, 2.05) is 13.8 Å². The number of carbonyl (C=O) groups is 2. The molecule has 0 spiro atoms. The molecule has 0 bridgehead atoms. The number of benzene rings is 1. The quantitative estimate of drug-likeness (QED) is 0.390.